The van der Waals surface area contributed by atoms with Crippen LogP contribution < -0.4 is 0 Å². The summed E-state index contributed by atoms with van der Waals surface area (Å²) in [6.07, 6.45) is 3.48. The molecular formula is C20H22N4O2. The summed E-state index contributed by atoms with van der Waals surface area (Å²) < 4.78 is 7.98. The highest BCUT2D eigenvalue weighted by Crippen LogP contribution is 2.26. The van der Waals surface area contributed by atoms with Gasteiger partial charge in [-0.2, -0.15) is 0 Å². The first kappa shape index (κ1) is 16.7. The van der Waals surface area contributed by atoms with Gasteiger partial charge in [-0.25, -0.2) is 9.97 Å². The second-order valence-electron chi connectivity index (χ2n) is 6.49. The van der Waals surface area contributed by atoms with E-state index in [1.807, 2.05) is 42.3 Å². The first-order valence-corrected chi connectivity index (χ1v) is 8.95. The molecule has 1 aliphatic rings. The molecule has 0 aliphatic carbocycles. The highest BCUT2D eigenvalue weighted by Gasteiger charge is 2.28. The molecule has 0 radical (unpaired) electrons. The summed E-state index contributed by atoms with van der Waals surface area (Å²) in [5, 5.41) is 1.00. The zero-order valence-corrected chi connectivity index (χ0v) is 15.1. The van der Waals surface area contributed by atoms with Crippen molar-refractivity contribution in [2.75, 3.05) is 19.7 Å². The zero-order valence-electron chi connectivity index (χ0n) is 15.1. The normalized spacial score (nSPS) is 17.6. The van der Waals surface area contributed by atoms with Crippen molar-refractivity contribution < 1.29 is 9.53 Å². The van der Waals surface area contributed by atoms with Gasteiger partial charge >= 0.3 is 0 Å². The summed E-state index contributed by atoms with van der Waals surface area (Å²) in [7, 11) is 0. The Morgan fingerprint density at radius 2 is 2.15 bits per heavy atom. The van der Waals surface area contributed by atoms with Crippen LogP contribution in [0.4, 0.5) is 0 Å². The lowest BCUT2D eigenvalue weighted by Gasteiger charge is -2.32. The van der Waals surface area contributed by atoms with Crippen LogP contribution >= 0.6 is 0 Å². The summed E-state index contributed by atoms with van der Waals surface area (Å²) in [5.74, 6) is 0.757. The van der Waals surface area contributed by atoms with E-state index in [2.05, 4.69) is 27.5 Å². The largest absolute Gasteiger partial charge is 0.368 e. The third kappa shape index (κ3) is 2.97. The number of nitrogens with zero attached hydrogens (tertiary/aromatic N) is 4. The van der Waals surface area contributed by atoms with E-state index < -0.39 is 0 Å². The van der Waals surface area contributed by atoms with E-state index in [9.17, 15) is 4.79 Å². The fourth-order valence-corrected chi connectivity index (χ4v) is 3.52. The second kappa shape index (κ2) is 6.88. The summed E-state index contributed by atoms with van der Waals surface area (Å²) in [4.78, 5) is 23.7. The Balaban J connectivity index is 1.62. The molecule has 2 aromatic heterocycles. The maximum atomic E-state index is 13.2. The predicted molar refractivity (Wildman–Crippen MR) is 99.0 cm³/mol. The highest BCUT2D eigenvalue weighted by molar-refractivity contribution is 6.07. The van der Waals surface area contributed by atoms with Gasteiger partial charge in [0.15, 0.2) is 0 Å². The molecule has 6 nitrogen and oxygen atoms in total. The third-order valence-electron chi connectivity index (χ3n) is 4.84. The molecule has 1 aromatic carbocycles. The van der Waals surface area contributed by atoms with Crippen molar-refractivity contribution in [3.63, 3.8) is 0 Å². The van der Waals surface area contributed by atoms with Gasteiger partial charge in [-0.1, -0.05) is 18.2 Å². The van der Waals surface area contributed by atoms with E-state index in [1.165, 1.54) is 0 Å². The van der Waals surface area contributed by atoms with Crippen LogP contribution in [-0.2, 0) is 11.3 Å². The number of rotatable bonds is 3. The van der Waals surface area contributed by atoms with Gasteiger partial charge in [0.1, 0.15) is 11.9 Å². The lowest BCUT2D eigenvalue weighted by atomic mass is 10.1. The number of morpholine rings is 1. The molecule has 1 atom stereocenters. The lowest BCUT2D eigenvalue weighted by Crippen LogP contribution is -2.42. The van der Waals surface area contributed by atoms with Crippen molar-refractivity contribution in [1.82, 2.24) is 19.4 Å². The molecule has 0 saturated carbocycles. The molecular weight excluding hydrogens is 328 g/mol. The van der Waals surface area contributed by atoms with E-state index in [0.717, 1.165) is 28.7 Å². The van der Waals surface area contributed by atoms with Gasteiger partial charge in [-0.3, -0.25) is 4.79 Å². The van der Waals surface area contributed by atoms with Crippen LogP contribution in [0.1, 0.15) is 34.9 Å². The minimum Gasteiger partial charge on any atom is -0.368 e. The fraction of sp³-hybridized carbons (Fsp3) is 0.350. The molecule has 6 heteroatoms. The van der Waals surface area contributed by atoms with E-state index >= 15 is 0 Å². The molecule has 0 N–H and O–H groups in total. The van der Waals surface area contributed by atoms with Gasteiger partial charge < -0.3 is 14.2 Å². The molecule has 0 unspecified atom stereocenters. The summed E-state index contributed by atoms with van der Waals surface area (Å²) in [6.45, 7) is 6.37. The van der Waals surface area contributed by atoms with Crippen LogP contribution in [0.3, 0.4) is 0 Å². The molecule has 0 spiro atoms. The number of carbonyl (C=O) groups excluding carboxylic acids is 1. The van der Waals surface area contributed by atoms with Crippen LogP contribution in [0.2, 0.25) is 0 Å². The fourth-order valence-electron chi connectivity index (χ4n) is 3.52. The Kier molecular flexibility index (Phi) is 4.42. The average Bonchev–Trinajstić information content (AvgIpc) is 3.06. The number of aryl methyl sites for hydroxylation is 2. The third-order valence-corrected chi connectivity index (χ3v) is 4.84. The SMILES string of the molecule is CCn1cc(C(=O)N2CCO[C@H](c3ccnc(C)n3)C2)c2ccccc21. The van der Waals surface area contributed by atoms with Gasteiger partial charge in [0.05, 0.1) is 24.4 Å². The van der Waals surface area contributed by atoms with Gasteiger partial charge in [0.2, 0.25) is 0 Å². The van der Waals surface area contributed by atoms with Crippen molar-refractivity contribution >= 4 is 16.8 Å². The van der Waals surface area contributed by atoms with Gasteiger partial charge in [0.25, 0.3) is 5.91 Å². The van der Waals surface area contributed by atoms with Gasteiger partial charge in [-0.15, -0.1) is 0 Å². The number of hydrogen-bond donors (Lipinski definition) is 0. The van der Waals surface area contributed by atoms with E-state index in [1.54, 1.807) is 6.20 Å². The van der Waals surface area contributed by atoms with Crippen molar-refractivity contribution in [3.05, 3.63) is 59.8 Å². The van der Waals surface area contributed by atoms with Crippen LogP contribution in [0.5, 0.6) is 0 Å². The number of ether oxygens (including phenoxy) is 1. The Morgan fingerprint density at radius 3 is 2.96 bits per heavy atom. The second-order valence-corrected chi connectivity index (χ2v) is 6.49. The monoisotopic (exact) mass is 350 g/mol. The molecule has 3 aromatic rings. The van der Waals surface area contributed by atoms with E-state index in [4.69, 9.17) is 4.74 Å². The number of para-hydroxylation sites is 1. The number of amides is 1. The molecule has 0 bridgehead atoms. The quantitative estimate of drug-likeness (QED) is 0.729. The number of fused-ring (bicyclic) bond motifs is 1. The smallest absolute Gasteiger partial charge is 0.256 e. The number of aromatic nitrogens is 3. The Hall–Kier alpha value is -2.73. The van der Waals surface area contributed by atoms with Crippen LogP contribution in [-0.4, -0.2) is 45.0 Å². The summed E-state index contributed by atoms with van der Waals surface area (Å²) in [6, 6.07) is 9.91. The molecule has 3 heterocycles. The first-order chi connectivity index (χ1) is 12.7. The van der Waals surface area contributed by atoms with Crippen LogP contribution in [0.15, 0.2) is 42.7 Å². The summed E-state index contributed by atoms with van der Waals surface area (Å²) in [5.41, 5.74) is 2.67. The Morgan fingerprint density at radius 1 is 1.31 bits per heavy atom. The van der Waals surface area contributed by atoms with Crippen molar-refractivity contribution in [3.8, 4) is 0 Å². The van der Waals surface area contributed by atoms with E-state index in [-0.39, 0.29) is 12.0 Å². The van der Waals surface area contributed by atoms with Gasteiger partial charge in [-0.05, 0) is 26.0 Å². The number of carbonyl (C=O) groups is 1. The molecule has 134 valence electrons. The zero-order chi connectivity index (χ0) is 18.1. The average molecular weight is 350 g/mol. The van der Waals surface area contributed by atoms with Crippen LogP contribution in [0, 0.1) is 6.92 Å². The number of benzene rings is 1. The van der Waals surface area contributed by atoms with Crippen molar-refractivity contribution in [2.45, 2.75) is 26.5 Å². The van der Waals surface area contributed by atoms with Gasteiger partial charge in [0, 0.05) is 36.4 Å². The molecule has 4 rings (SSSR count). The Bertz CT molecular complexity index is 950. The number of hydrogen-bond acceptors (Lipinski definition) is 4. The minimum absolute atomic E-state index is 0.0486. The first-order valence-electron chi connectivity index (χ1n) is 8.95. The Labute approximate surface area is 152 Å². The molecule has 1 saturated heterocycles. The standard InChI is InChI=1S/C20H22N4O2/c1-3-23-12-16(15-6-4-5-7-18(15)23)20(25)24-10-11-26-19(13-24)17-8-9-21-14(2)22-17/h4-9,12,19H,3,10-11,13H2,1-2H3/t19-/m0/s1. The minimum atomic E-state index is -0.214. The predicted octanol–water partition coefficient (Wildman–Crippen LogP) is 2.97. The maximum Gasteiger partial charge on any atom is 0.256 e. The van der Waals surface area contributed by atoms with E-state index in [0.29, 0.717) is 25.5 Å². The molecule has 1 aliphatic heterocycles. The summed E-state index contributed by atoms with van der Waals surface area (Å²) >= 11 is 0. The maximum absolute atomic E-state index is 13.2. The van der Waals surface area contributed by atoms with Crippen LogP contribution in [0.25, 0.3) is 10.9 Å². The lowest BCUT2D eigenvalue weighted by molar-refractivity contribution is -0.0247. The van der Waals surface area contributed by atoms with Crippen molar-refractivity contribution in [1.29, 1.82) is 0 Å². The molecule has 1 amide bonds. The molecule has 26 heavy (non-hydrogen) atoms. The highest BCUT2D eigenvalue weighted by atomic mass is 16.5. The topological polar surface area (TPSA) is 60.2 Å². The molecule has 1 fully saturated rings. The van der Waals surface area contributed by atoms with Crippen molar-refractivity contribution in [2.24, 2.45) is 0 Å².